The Labute approximate surface area is 211 Å². The van der Waals surface area contributed by atoms with Crippen molar-refractivity contribution in [3.63, 3.8) is 0 Å². The van der Waals surface area contributed by atoms with Crippen LogP contribution in [0, 0.1) is 0 Å². The number of rotatable bonds is 5. The van der Waals surface area contributed by atoms with Gasteiger partial charge in [-0.15, -0.1) is 0 Å². The van der Waals surface area contributed by atoms with Crippen LogP contribution in [0.3, 0.4) is 0 Å². The fourth-order valence-corrected chi connectivity index (χ4v) is 5.27. The minimum atomic E-state index is 0.0781. The summed E-state index contributed by atoms with van der Waals surface area (Å²) in [6.07, 6.45) is 4.32. The SMILES string of the molecule is CNc1cc(-c2ccnc3cc(-c4ccc(C(=O)N5CCNCC5)cc4)oc23)ccc1N1CCCC1. The Kier molecular flexibility index (Phi) is 6.07. The van der Waals surface area contributed by atoms with Gasteiger partial charge in [0.25, 0.3) is 5.91 Å². The Morgan fingerprint density at radius 2 is 1.69 bits per heavy atom. The number of fused-ring (bicyclic) bond motifs is 1. The number of pyridine rings is 1. The van der Waals surface area contributed by atoms with Gasteiger partial charge in [-0.2, -0.15) is 0 Å². The Morgan fingerprint density at radius 1 is 0.944 bits per heavy atom. The number of nitrogens with zero attached hydrogens (tertiary/aromatic N) is 3. The summed E-state index contributed by atoms with van der Waals surface area (Å²) in [5, 5.41) is 6.66. The number of carbonyl (C=O) groups is 1. The first kappa shape index (κ1) is 22.6. The normalized spacial score (nSPS) is 16.0. The van der Waals surface area contributed by atoms with Crippen LogP contribution in [0.4, 0.5) is 11.4 Å². The molecule has 36 heavy (non-hydrogen) atoms. The van der Waals surface area contributed by atoms with Crippen LogP contribution in [0.5, 0.6) is 0 Å². The van der Waals surface area contributed by atoms with Crippen molar-refractivity contribution in [2.75, 3.05) is 56.5 Å². The molecule has 2 N–H and O–H groups in total. The number of aromatic nitrogens is 1. The van der Waals surface area contributed by atoms with Gasteiger partial charge in [-0.25, -0.2) is 0 Å². The molecule has 1 amide bonds. The Balaban J connectivity index is 1.30. The molecule has 2 aromatic heterocycles. The van der Waals surface area contributed by atoms with Crippen LogP contribution in [-0.4, -0.2) is 62.1 Å². The first-order valence-corrected chi connectivity index (χ1v) is 12.8. The third kappa shape index (κ3) is 4.20. The molecule has 2 aliphatic rings. The number of piperazine rings is 1. The largest absolute Gasteiger partial charge is 0.454 e. The van der Waals surface area contributed by atoms with E-state index >= 15 is 0 Å². The first-order chi connectivity index (χ1) is 17.7. The molecule has 0 unspecified atom stereocenters. The second kappa shape index (κ2) is 9.66. The number of carbonyl (C=O) groups excluding carboxylic acids is 1. The molecule has 7 nitrogen and oxygen atoms in total. The summed E-state index contributed by atoms with van der Waals surface area (Å²) in [6, 6.07) is 18.2. The van der Waals surface area contributed by atoms with E-state index in [1.54, 1.807) is 0 Å². The second-order valence-corrected chi connectivity index (χ2v) is 9.48. The zero-order valence-corrected chi connectivity index (χ0v) is 20.6. The number of hydrogen-bond donors (Lipinski definition) is 2. The lowest BCUT2D eigenvalue weighted by Gasteiger charge is -2.27. The molecule has 0 saturated carbocycles. The molecule has 0 aliphatic carbocycles. The Hall–Kier alpha value is -3.84. The number of nitrogens with one attached hydrogen (secondary N) is 2. The second-order valence-electron chi connectivity index (χ2n) is 9.48. The highest BCUT2D eigenvalue weighted by atomic mass is 16.3. The van der Waals surface area contributed by atoms with Gasteiger partial charge in [-0.3, -0.25) is 9.78 Å². The average molecular weight is 482 g/mol. The lowest BCUT2D eigenvalue weighted by molar-refractivity contribution is 0.0736. The van der Waals surface area contributed by atoms with E-state index in [0.29, 0.717) is 5.56 Å². The highest BCUT2D eigenvalue weighted by molar-refractivity contribution is 5.96. The predicted molar refractivity (Wildman–Crippen MR) is 145 cm³/mol. The molecule has 184 valence electrons. The third-order valence-corrected chi connectivity index (χ3v) is 7.26. The van der Waals surface area contributed by atoms with E-state index in [4.69, 9.17) is 4.42 Å². The molecule has 6 rings (SSSR count). The molecule has 2 aromatic carbocycles. The van der Waals surface area contributed by atoms with Crippen molar-refractivity contribution in [1.82, 2.24) is 15.2 Å². The van der Waals surface area contributed by atoms with Gasteiger partial charge in [-0.1, -0.05) is 18.2 Å². The van der Waals surface area contributed by atoms with E-state index in [0.717, 1.165) is 78.5 Å². The van der Waals surface area contributed by atoms with Crippen molar-refractivity contribution in [1.29, 1.82) is 0 Å². The van der Waals surface area contributed by atoms with E-state index in [1.807, 2.05) is 54.5 Å². The van der Waals surface area contributed by atoms with Crippen LogP contribution in [-0.2, 0) is 0 Å². The van der Waals surface area contributed by atoms with E-state index < -0.39 is 0 Å². The Morgan fingerprint density at radius 3 is 2.44 bits per heavy atom. The number of furan rings is 1. The van der Waals surface area contributed by atoms with Crippen molar-refractivity contribution in [2.24, 2.45) is 0 Å². The van der Waals surface area contributed by atoms with Crippen LogP contribution < -0.4 is 15.5 Å². The smallest absolute Gasteiger partial charge is 0.253 e. The van der Waals surface area contributed by atoms with Crippen LogP contribution in [0.25, 0.3) is 33.6 Å². The van der Waals surface area contributed by atoms with Crippen LogP contribution in [0.15, 0.2) is 65.2 Å². The number of anilines is 2. The standard InChI is InChI=1S/C29H31N5O2/c1-30-24-18-22(8-9-26(24)33-14-2-3-15-33)23-10-11-32-25-19-27(36-28(23)25)20-4-6-21(7-5-20)29(35)34-16-12-31-13-17-34/h4-11,18-19,30-31H,2-3,12-17H2,1H3. The lowest BCUT2D eigenvalue weighted by atomic mass is 10.0. The summed E-state index contributed by atoms with van der Waals surface area (Å²) in [4.78, 5) is 21.7. The zero-order valence-electron chi connectivity index (χ0n) is 20.6. The molecule has 0 atom stereocenters. The summed E-state index contributed by atoms with van der Waals surface area (Å²) in [6.45, 7) is 5.38. The van der Waals surface area contributed by atoms with Crippen molar-refractivity contribution in [3.8, 4) is 22.5 Å². The van der Waals surface area contributed by atoms with Gasteiger partial charge < -0.3 is 24.9 Å². The van der Waals surface area contributed by atoms with Crippen molar-refractivity contribution >= 4 is 28.4 Å². The van der Waals surface area contributed by atoms with E-state index in [-0.39, 0.29) is 5.91 Å². The molecule has 2 saturated heterocycles. The first-order valence-electron chi connectivity index (χ1n) is 12.8. The monoisotopic (exact) mass is 481 g/mol. The quantitative estimate of drug-likeness (QED) is 0.425. The molecule has 7 heteroatoms. The van der Waals surface area contributed by atoms with E-state index in [9.17, 15) is 4.79 Å². The van der Waals surface area contributed by atoms with Crippen LogP contribution >= 0.6 is 0 Å². The molecular weight excluding hydrogens is 450 g/mol. The van der Waals surface area contributed by atoms with Gasteiger partial charge >= 0.3 is 0 Å². The fourth-order valence-electron chi connectivity index (χ4n) is 5.27. The lowest BCUT2D eigenvalue weighted by Crippen LogP contribution is -2.46. The van der Waals surface area contributed by atoms with Crippen molar-refractivity contribution in [3.05, 3.63) is 66.4 Å². The van der Waals surface area contributed by atoms with Gasteiger partial charge in [0.2, 0.25) is 0 Å². The summed E-state index contributed by atoms with van der Waals surface area (Å²) in [5.74, 6) is 0.822. The third-order valence-electron chi connectivity index (χ3n) is 7.26. The maximum absolute atomic E-state index is 12.8. The maximum Gasteiger partial charge on any atom is 0.253 e. The minimum Gasteiger partial charge on any atom is -0.454 e. The Bertz CT molecular complexity index is 1380. The summed E-state index contributed by atoms with van der Waals surface area (Å²) >= 11 is 0. The van der Waals surface area contributed by atoms with Gasteiger partial charge in [-0.05, 0) is 48.7 Å². The van der Waals surface area contributed by atoms with Gasteiger partial charge in [0.1, 0.15) is 11.3 Å². The highest BCUT2D eigenvalue weighted by Crippen LogP contribution is 2.37. The van der Waals surface area contributed by atoms with Crippen molar-refractivity contribution < 1.29 is 9.21 Å². The minimum absolute atomic E-state index is 0.0781. The topological polar surface area (TPSA) is 73.6 Å². The molecule has 4 heterocycles. The predicted octanol–water partition coefficient (Wildman–Crippen LogP) is 4.85. The number of amides is 1. The highest BCUT2D eigenvalue weighted by Gasteiger charge is 2.20. The number of benzene rings is 2. The molecule has 0 bridgehead atoms. The molecule has 2 fully saturated rings. The fraction of sp³-hybridized carbons (Fsp3) is 0.310. The summed E-state index contributed by atoms with van der Waals surface area (Å²) in [7, 11) is 1.97. The molecule has 0 spiro atoms. The van der Waals surface area contributed by atoms with Crippen LogP contribution in [0.1, 0.15) is 23.2 Å². The van der Waals surface area contributed by atoms with Crippen molar-refractivity contribution in [2.45, 2.75) is 12.8 Å². The maximum atomic E-state index is 12.8. The van der Waals surface area contributed by atoms with Crippen LogP contribution in [0.2, 0.25) is 0 Å². The number of hydrogen-bond acceptors (Lipinski definition) is 6. The van der Waals surface area contributed by atoms with E-state index in [2.05, 4.69) is 38.7 Å². The van der Waals surface area contributed by atoms with Gasteiger partial charge in [0.15, 0.2) is 5.58 Å². The molecule has 0 radical (unpaired) electrons. The van der Waals surface area contributed by atoms with E-state index in [1.165, 1.54) is 18.5 Å². The average Bonchev–Trinajstić information content (AvgIpc) is 3.63. The molecule has 2 aliphatic heterocycles. The van der Waals surface area contributed by atoms with Gasteiger partial charge in [0, 0.05) is 75.3 Å². The zero-order chi connectivity index (χ0) is 24.5. The summed E-state index contributed by atoms with van der Waals surface area (Å²) < 4.78 is 6.36. The van der Waals surface area contributed by atoms with Gasteiger partial charge in [0.05, 0.1) is 11.4 Å². The molecule has 4 aromatic rings. The summed E-state index contributed by atoms with van der Waals surface area (Å²) in [5.41, 5.74) is 7.69. The molecular formula is C29H31N5O2.